The molecule has 0 spiro atoms. The van der Waals surface area contributed by atoms with E-state index in [2.05, 4.69) is 177 Å². The molecular formula is C76H125NO3. The molecule has 4 nitrogen and oxygen atoms in total. The van der Waals surface area contributed by atoms with Gasteiger partial charge >= 0.3 is 0 Å². The minimum atomic E-state index is -0.889. The Kier molecular flexibility index (Phi) is 65.4. The summed E-state index contributed by atoms with van der Waals surface area (Å²) >= 11 is 0. The maximum Gasteiger partial charge on any atom is 0.220 e. The van der Waals surface area contributed by atoms with Gasteiger partial charge in [-0.25, -0.2) is 0 Å². The number of unbranched alkanes of at least 4 members (excludes halogenated alkanes) is 26. The minimum absolute atomic E-state index is 0.0944. The van der Waals surface area contributed by atoms with E-state index in [1.165, 1.54) is 141 Å². The van der Waals surface area contributed by atoms with Crippen LogP contribution < -0.4 is 5.32 Å². The average Bonchev–Trinajstić information content (AvgIpc) is 3.46. The van der Waals surface area contributed by atoms with Crippen LogP contribution >= 0.6 is 0 Å². The summed E-state index contributed by atoms with van der Waals surface area (Å²) in [6.07, 6.45) is 111. The molecule has 80 heavy (non-hydrogen) atoms. The lowest BCUT2D eigenvalue weighted by atomic mass is 10.0. The molecule has 0 aliphatic rings. The molecule has 0 fully saturated rings. The molecule has 0 saturated carbocycles. The van der Waals surface area contributed by atoms with Crippen LogP contribution in [0.2, 0.25) is 0 Å². The molecule has 3 N–H and O–H groups in total. The Morgan fingerprint density at radius 1 is 0.312 bits per heavy atom. The molecule has 0 aliphatic heterocycles. The Morgan fingerprint density at radius 2 is 0.562 bits per heavy atom. The van der Waals surface area contributed by atoms with E-state index >= 15 is 0 Å². The number of nitrogens with one attached hydrogen (secondary N) is 1. The van der Waals surface area contributed by atoms with Crippen LogP contribution in [-0.4, -0.2) is 34.9 Å². The van der Waals surface area contributed by atoms with Gasteiger partial charge in [0.05, 0.1) is 18.8 Å². The quantitative estimate of drug-likeness (QED) is 0.0420. The maximum atomic E-state index is 12.5. The highest BCUT2D eigenvalue weighted by molar-refractivity contribution is 5.76. The topological polar surface area (TPSA) is 69.6 Å². The Hall–Kier alpha value is -4.25. The molecule has 0 bridgehead atoms. The van der Waals surface area contributed by atoms with Gasteiger partial charge in [0.1, 0.15) is 0 Å². The summed E-state index contributed by atoms with van der Waals surface area (Å²) in [6, 6.07) is -0.666. The molecule has 0 radical (unpaired) electrons. The second kappa shape index (κ2) is 69.0. The van der Waals surface area contributed by atoms with E-state index in [-0.39, 0.29) is 12.5 Å². The van der Waals surface area contributed by atoms with Crippen LogP contribution in [-0.2, 0) is 4.79 Å². The summed E-state index contributed by atoms with van der Waals surface area (Å²) in [5.74, 6) is -0.0944. The van der Waals surface area contributed by atoms with Gasteiger partial charge in [0.25, 0.3) is 0 Å². The van der Waals surface area contributed by atoms with Crippen LogP contribution in [0.3, 0.4) is 0 Å². The average molecular weight is 1100 g/mol. The molecule has 4 heteroatoms. The first-order valence-electron chi connectivity index (χ1n) is 33.3. The molecule has 0 aromatic heterocycles. The minimum Gasteiger partial charge on any atom is -0.394 e. The second-order valence-corrected chi connectivity index (χ2v) is 21.8. The molecule has 0 saturated heterocycles. The molecule has 0 aliphatic carbocycles. The van der Waals surface area contributed by atoms with Crippen molar-refractivity contribution >= 4 is 5.91 Å². The van der Waals surface area contributed by atoms with Gasteiger partial charge in [0, 0.05) is 6.42 Å². The third-order valence-corrected chi connectivity index (χ3v) is 14.2. The highest BCUT2D eigenvalue weighted by Gasteiger charge is 2.18. The zero-order valence-electron chi connectivity index (χ0n) is 52.0. The van der Waals surface area contributed by atoms with Crippen LogP contribution in [0.5, 0.6) is 0 Å². The normalized spacial score (nSPS) is 13.9. The van der Waals surface area contributed by atoms with Gasteiger partial charge < -0.3 is 15.5 Å². The van der Waals surface area contributed by atoms with Crippen LogP contribution in [0, 0.1) is 0 Å². The first-order valence-corrected chi connectivity index (χ1v) is 33.3. The van der Waals surface area contributed by atoms with Gasteiger partial charge in [0.15, 0.2) is 0 Å². The number of hydrogen-bond acceptors (Lipinski definition) is 3. The molecule has 2 unspecified atom stereocenters. The van der Waals surface area contributed by atoms with Crippen molar-refractivity contribution in [3.05, 3.63) is 170 Å². The largest absolute Gasteiger partial charge is 0.394 e. The number of allylic oxidation sites excluding steroid dienone is 27. The van der Waals surface area contributed by atoms with Crippen molar-refractivity contribution in [1.82, 2.24) is 5.32 Å². The Morgan fingerprint density at radius 3 is 0.875 bits per heavy atom. The summed E-state index contributed by atoms with van der Waals surface area (Å²) < 4.78 is 0. The number of carbonyl (C=O) groups is 1. The summed E-state index contributed by atoms with van der Waals surface area (Å²) in [5.41, 5.74) is 0. The Bertz CT molecular complexity index is 1720. The summed E-state index contributed by atoms with van der Waals surface area (Å²) in [7, 11) is 0. The fraction of sp³-hybridized carbons (Fsp3) is 0.618. The van der Waals surface area contributed by atoms with Crippen LogP contribution in [0.15, 0.2) is 170 Å². The summed E-state index contributed by atoms with van der Waals surface area (Å²) in [4.78, 5) is 12.5. The molecule has 0 heterocycles. The standard InChI is InChI=1S/C76H125NO3/c1-3-5-7-9-11-13-15-17-19-21-23-25-27-29-31-32-33-34-35-36-37-38-39-40-41-42-43-44-46-48-50-52-54-56-58-60-62-64-66-68-70-72-76(80)77-74(73-78)75(79)71-69-67-65-63-61-59-57-55-53-51-49-47-45-30-28-26-24-22-20-18-16-14-12-10-8-6-4-2/h5,7,11,13,17,19,23,25,29,31,33-34,36-37,39-40,42-43,46,48,52-55,61,63,69,71,74-75,78-79H,3-4,6,8-10,12,14-16,18,20-22,24,26-28,30,32,35,38,41,44-45,47,49-51,56-60,62,64-68,70,72-73H2,1-2H3,(H,77,80)/b7-5-,13-11-,19-17-,25-23-,31-29-,34-33-,37-36-,40-39-,43-42-,48-46-,54-52-,55-53+,63-61+,71-69+. The monoisotopic (exact) mass is 1100 g/mol. The van der Waals surface area contributed by atoms with Crippen molar-refractivity contribution in [2.75, 3.05) is 6.61 Å². The van der Waals surface area contributed by atoms with Gasteiger partial charge in [0.2, 0.25) is 5.91 Å². The van der Waals surface area contributed by atoms with Crippen LogP contribution in [0.4, 0.5) is 0 Å². The van der Waals surface area contributed by atoms with E-state index in [1.54, 1.807) is 6.08 Å². The van der Waals surface area contributed by atoms with Gasteiger partial charge in [-0.3, -0.25) is 4.79 Å². The number of aliphatic hydroxyl groups excluding tert-OH is 2. The molecule has 2 atom stereocenters. The lowest BCUT2D eigenvalue weighted by Gasteiger charge is -2.19. The van der Waals surface area contributed by atoms with E-state index in [0.717, 1.165) is 122 Å². The number of carbonyl (C=O) groups excluding carboxylic acids is 1. The number of hydrogen-bond donors (Lipinski definition) is 3. The predicted octanol–water partition coefficient (Wildman–Crippen LogP) is 23.0. The van der Waals surface area contributed by atoms with Gasteiger partial charge in [-0.2, -0.15) is 0 Å². The SMILES string of the molecule is CC/C=C\C/C=C\C/C=C\C/C=C\C/C=C\C/C=C\C/C=C\C/C=C\C/C=C\C/C=C\C/C=C\CCCCCCCCCC(=O)NC(CO)C(O)/C=C/CC/C=C/CC/C=C/CCCCCCCCCCCCCCCCCCC. The van der Waals surface area contributed by atoms with E-state index in [0.29, 0.717) is 6.42 Å². The third kappa shape index (κ3) is 64.6. The zero-order chi connectivity index (χ0) is 57.6. The first-order chi connectivity index (χ1) is 39.7. The van der Waals surface area contributed by atoms with E-state index in [1.807, 2.05) is 6.08 Å². The number of rotatable bonds is 59. The van der Waals surface area contributed by atoms with Crippen LogP contribution in [0.25, 0.3) is 0 Å². The van der Waals surface area contributed by atoms with Gasteiger partial charge in [-0.1, -0.05) is 319 Å². The maximum absolute atomic E-state index is 12.5. The van der Waals surface area contributed by atoms with Gasteiger partial charge in [-0.05, 0) is 128 Å². The van der Waals surface area contributed by atoms with Crippen molar-refractivity contribution in [2.45, 2.75) is 296 Å². The van der Waals surface area contributed by atoms with Crippen molar-refractivity contribution in [2.24, 2.45) is 0 Å². The molecule has 0 aromatic carbocycles. The highest BCUT2D eigenvalue weighted by Crippen LogP contribution is 2.15. The molecule has 452 valence electrons. The van der Waals surface area contributed by atoms with E-state index in [9.17, 15) is 15.0 Å². The third-order valence-electron chi connectivity index (χ3n) is 14.2. The molecule has 0 rings (SSSR count). The van der Waals surface area contributed by atoms with Gasteiger partial charge in [-0.15, -0.1) is 0 Å². The highest BCUT2D eigenvalue weighted by atomic mass is 16.3. The lowest BCUT2D eigenvalue weighted by Crippen LogP contribution is -2.45. The molecule has 0 aromatic rings. The summed E-state index contributed by atoms with van der Waals surface area (Å²) in [5, 5.41) is 23.2. The second-order valence-electron chi connectivity index (χ2n) is 21.8. The molecule has 1 amide bonds. The Balaban J connectivity index is 3.67. The van der Waals surface area contributed by atoms with Crippen molar-refractivity contribution in [3.8, 4) is 0 Å². The predicted molar refractivity (Wildman–Crippen MR) is 358 cm³/mol. The fourth-order valence-electron chi connectivity index (χ4n) is 9.16. The zero-order valence-corrected chi connectivity index (χ0v) is 52.0. The number of aliphatic hydroxyl groups is 2. The lowest BCUT2D eigenvalue weighted by molar-refractivity contribution is -0.123. The van der Waals surface area contributed by atoms with Crippen molar-refractivity contribution in [3.63, 3.8) is 0 Å². The van der Waals surface area contributed by atoms with Crippen molar-refractivity contribution in [1.29, 1.82) is 0 Å². The van der Waals surface area contributed by atoms with E-state index in [4.69, 9.17) is 0 Å². The first kappa shape index (κ1) is 75.8. The van der Waals surface area contributed by atoms with E-state index < -0.39 is 12.1 Å². The van der Waals surface area contributed by atoms with Crippen LogP contribution in [0.1, 0.15) is 284 Å². The Labute approximate surface area is 496 Å². The molecular weight excluding hydrogens is 975 g/mol. The fourth-order valence-corrected chi connectivity index (χ4v) is 9.16. The number of amides is 1. The summed E-state index contributed by atoms with van der Waals surface area (Å²) in [6.45, 7) is 4.18. The smallest absolute Gasteiger partial charge is 0.220 e. The van der Waals surface area contributed by atoms with Crippen molar-refractivity contribution < 1.29 is 15.0 Å².